The lowest BCUT2D eigenvalue weighted by Crippen LogP contribution is -2.66. The van der Waals surface area contributed by atoms with Crippen LogP contribution in [0.5, 0.6) is 0 Å². The number of rotatable bonds is 9. The van der Waals surface area contributed by atoms with Gasteiger partial charge in [-0.15, -0.1) is 0 Å². The second kappa shape index (κ2) is 8.75. The van der Waals surface area contributed by atoms with E-state index >= 15 is 0 Å². The van der Waals surface area contributed by atoms with Gasteiger partial charge in [-0.1, -0.05) is 60.7 Å². The number of hydrogen-bond acceptors (Lipinski definition) is 4. The van der Waals surface area contributed by atoms with E-state index in [4.69, 9.17) is 18.7 Å². The first-order valence-electron chi connectivity index (χ1n) is 8.95. The molecular formula is C19H31NO3Si3. The standard InChI is InChI=1S/C19H31NO3Si3/c1-21-26(18-12-8-6-9-13-18,19-14-10-7-11-15-19)22-17-25(5,16-20)23-24(2,3)4/h6-15H,16-17,20H2,1-5H3. The summed E-state index contributed by atoms with van der Waals surface area (Å²) in [6, 6.07) is 20.5. The molecule has 0 aliphatic heterocycles. The van der Waals surface area contributed by atoms with E-state index in [-0.39, 0.29) is 0 Å². The summed E-state index contributed by atoms with van der Waals surface area (Å²) in [7, 11) is -4.95. The van der Waals surface area contributed by atoms with E-state index in [9.17, 15) is 0 Å². The summed E-state index contributed by atoms with van der Waals surface area (Å²) in [6.45, 7) is 8.76. The van der Waals surface area contributed by atoms with Crippen molar-refractivity contribution in [3.05, 3.63) is 60.7 Å². The minimum Gasteiger partial charge on any atom is -0.453 e. The van der Waals surface area contributed by atoms with Gasteiger partial charge in [-0.3, -0.25) is 0 Å². The molecule has 0 heterocycles. The number of nitrogens with two attached hydrogens (primary N) is 1. The average Bonchev–Trinajstić information content (AvgIpc) is 2.63. The summed E-state index contributed by atoms with van der Waals surface area (Å²) >= 11 is 0. The molecule has 1 atom stereocenters. The molecule has 0 fully saturated rings. The largest absolute Gasteiger partial charge is 0.453 e. The normalized spacial score (nSPS) is 14.8. The molecule has 0 radical (unpaired) electrons. The number of hydrogen-bond donors (Lipinski definition) is 1. The first kappa shape index (κ1) is 21.2. The lowest BCUT2D eigenvalue weighted by Gasteiger charge is -2.37. The van der Waals surface area contributed by atoms with Crippen LogP contribution in [0.25, 0.3) is 0 Å². The van der Waals surface area contributed by atoms with Gasteiger partial charge in [-0.05, 0) is 36.6 Å². The van der Waals surface area contributed by atoms with Crippen molar-refractivity contribution in [2.24, 2.45) is 5.73 Å². The van der Waals surface area contributed by atoms with Gasteiger partial charge in [0.2, 0.25) is 8.32 Å². The Bertz CT molecular complexity index is 640. The topological polar surface area (TPSA) is 53.7 Å². The van der Waals surface area contributed by atoms with Crippen LogP contribution < -0.4 is 16.1 Å². The van der Waals surface area contributed by atoms with E-state index in [1.807, 2.05) is 36.4 Å². The maximum absolute atomic E-state index is 6.65. The molecule has 0 saturated heterocycles. The predicted molar refractivity (Wildman–Crippen MR) is 116 cm³/mol. The van der Waals surface area contributed by atoms with E-state index in [0.717, 1.165) is 10.4 Å². The molecule has 0 bridgehead atoms. The van der Waals surface area contributed by atoms with Gasteiger partial charge in [0.25, 0.3) is 0 Å². The highest BCUT2D eigenvalue weighted by atomic mass is 28.4. The quantitative estimate of drug-likeness (QED) is 0.651. The third-order valence-electron chi connectivity index (χ3n) is 4.16. The van der Waals surface area contributed by atoms with Gasteiger partial charge in [0.1, 0.15) is 0 Å². The molecule has 7 heteroatoms. The Hall–Kier alpha value is -1.07. The molecule has 0 aliphatic carbocycles. The molecule has 2 rings (SSSR count). The summed E-state index contributed by atoms with van der Waals surface area (Å²) < 4.78 is 19.3. The van der Waals surface area contributed by atoms with Crippen LogP contribution in [0.15, 0.2) is 60.7 Å². The van der Waals surface area contributed by atoms with Gasteiger partial charge in [-0.25, -0.2) is 0 Å². The highest BCUT2D eigenvalue weighted by Crippen LogP contribution is 2.17. The smallest absolute Gasteiger partial charge is 0.406 e. The Morgan fingerprint density at radius 1 is 0.808 bits per heavy atom. The molecule has 2 N–H and O–H groups in total. The van der Waals surface area contributed by atoms with Crippen molar-refractivity contribution in [3.63, 3.8) is 0 Å². The molecule has 2 aromatic rings. The first-order valence-corrected chi connectivity index (χ1v) is 17.0. The fraction of sp³-hybridized carbons (Fsp3) is 0.368. The molecule has 142 valence electrons. The molecule has 0 aromatic heterocycles. The minimum absolute atomic E-state index is 0.525. The molecular weight excluding hydrogens is 374 g/mol. The van der Waals surface area contributed by atoms with E-state index in [2.05, 4.69) is 50.5 Å². The Morgan fingerprint density at radius 3 is 1.62 bits per heavy atom. The van der Waals surface area contributed by atoms with Crippen LogP contribution in [-0.2, 0) is 13.0 Å². The first-order chi connectivity index (χ1) is 12.2. The van der Waals surface area contributed by atoms with Crippen LogP contribution >= 0.6 is 0 Å². The van der Waals surface area contributed by atoms with E-state index in [1.165, 1.54) is 0 Å². The zero-order valence-corrected chi connectivity index (χ0v) is 19.5. The second-order valence-corrected chi connectivity index (χ2v) is 19.4. The van der Waals surface area contributed by atoms with Gasteiger partial charge < -0.3 is 18.7 Å². The second-order valence-electron chi connectivity index (χ2n) is 7.71. The molecule has 0 spiro atoms. The minimum atomic E-state index is -2.81. The third-order valence-corrected chi connectivity index (χ3v) is 13.8. The highest BCUT2D eigenvalue weighted by molar-refractivity contribution is 6.93. The van der Waals surface area contributed by atoms with Crippen molar-refractivity contribution in [2.45, 2.75) is 26.2 Å². The van der Waals surface area contributed by atoms with E-state index in [1.54, 1.807) is 7.11 Å². The summed E-state index contributed by atoms with van der Waals surface area (Å²) in [5.74, 6) is 0. The zero-order valence-electron chi connectivity index (χ0n) is 16.5. The molecule has 26 heavy (non-hydrogen) atoms. The van der Waals surface area contributed by atoms with Crippen molar-refractivity contribution < 1.29 is 13.0 Å². The maximum atomic E-state index is 6.65. The Kier molecular flexibility index (Phi) is 7.14. The molecule has 0 saturated carbocycles. The lowest BCUT2D eigenvalue weighted by molar-refractivity contribution is 0.246. The van der Waals surface area contributed by atoms with Crippen molar-refractivity contribution in [1.82, 2.24) is 0 Å². The molecule has 4 nitrogen and oxygen atoms in total. The summed E-state index contributed by atoms with van der Waals surface area (Å²) in [5, 5.41) is 2.19. The van der Waals surface area contributed by atoms with Crippen LogP contribution in [-0.4, -0.2) is 44.7 Å². The van der Waals surface area contributed by atoms with Gasteiger partial charge >= 0.3 is 8.56 Å². The van der Waals surface area contributed by atoms with Gasteiger partial charge in [0.15, 0.2) is 8.32 Å². The lowest BCUT2D eigenvalue weighted by atomic mass is 10.4. The Morgan fingerprint density at radius 2 is 1.27 bits per heavy atom. The van der Waals surface area contributed by atoms with Crippen LogP contribution in [0.4, 0.5) is 0 Å². The molecule has 0 aliphatic rings. The van der Waals surface area contributed by atoms with Crippen molar-refractivity contribution in [3.8, 4) is 0 Å². The molecule has 0 amide bonds. The van der Waals surface area contributed by atoms with Gasteiger partial charge in [0, 0.05) is 13.3 Å². The van der Waals surface area contributed by atoms with Crippen molar-refractivity contribution >= 4 is 35.6 Å². The Labute approximate surface area is 160 Å². The van der Waals surface area contributed by atoms with E-state index in [0.29, 0.717) is 12.4 Å². The summed E-state index contributed by atoms with van der Waals surface area (Å²) in [4.78, 5) is 0. The van der Waals surface area contributed by atoms with Gasteiger partial charge in [0.05, 0.1) is 6.23 Å². The van der Waals surface area contributed by atoms with Crippen LogP contribution in [0.3, 0.4) is 0 Å². The Balaban J connectivity index is 2.39. The fourth-order valence-electron chi connectivity index (χ4n) is 3.07. The average molecular weight is 406 g/mol. The molecule has 1 unspecified atom stereocenters. The van der Waals surface area contributed by atoms with Crippen molar-refractivity contribution in [1.29, 1.82) is 0 Å². The predicted octanol–water partition coefficient (Wildman–Crippen LogP) is 2.37. The van der Waals surface area contributed by atoms with Crippen LogP contribution in [0.1, 0.15) is 0 Å². The van der Waals surface area contributed by atoms with Gasteiger partial charge in [-0.2, -0.15) is 0 Å². The van der Waals surface area contributed by atoms with Crippen LogP contribution in [0, 0.1) is 0 Å². The zero-order chi connectivity index (χ0) is 19.3. The number of benzene rings is 2. The summed E-state index contributed by atoms with van der Waals surface area (Å²) in [6.07, 6.45) is 1.06. The monoisotopic (exact) mass is 405 g/mol. The fourth-order valence-corrected chi connectivity index (χ4v) is 14.2. The van der Waals surface area contributed by atoms with Crippen molar-refractivity contribution in [2.75, 3.05) is 19.5 Å². The molecule has 2 aromatic carbocycles. The SMILES string of the molecule is CO[Si](OC[Si](C)(CN)O[Si](C)(C)C)(c1ccccc1)c1ccccc1. The highest BCUT2D eigenvalue weighted by Gasteiger charge is 2.45. The summed E-state index contributed by atoms with van der Waals surface area (Å²) in [5.41, 5.74) is 6.12. The van der Waals surface area contributed by atoms with E-state index < -0.39 is 25.2 Å². The maximum Gasteiger partial charge on any atom is 0.406 e. The third kappa shape index (κ3) is 5.23. The van der Waals surface area contributed by atoms with Crippen LogP contribution in [0.2, 0.25) is 26.2 Å².